The van der Waals surface area contributed by atoms with Crippen LogP contribution in [0, 0.1) is 25.2 Å². The molecule has 0 aliphatic heterocycles. The van der Waals surface area contributed by atoms with E-state index in [1.54, 1.807) is 22.9 Å². The van der Waals surface area contributed by atoms with Gasteiger partial charge in [0.2, 0.25) is 0 Å². The number of ether oxygens (including phenoxy) is 1. The average Bonchev–Trinajstić information content (AvgIpc) is 2.80. The minimum absolute atomic E-state index is 0.105. The first-order chi connectivity index (χ1) is 15.5. The average molecular weight is 483 g/mol. The zero-order chi connectivity index (χ0) is 22.5. The number of aromatic nitrogens is 2. The topological polar surface area (TPSA) is 67.9 Å². The Hall–Kier alpha value is -3.61. The molecule has 1 unspecified atom stereocenters. The first-order valence-corrected chi connectivity index (χ1v) is 12.3. The number of aryl methyl sites for hydroxylation is 2. The van der Waals surface area contributed by atoms with Gasteiger partial charge in [0.25, 0.3) is 0 Å². The summed E-state index contributed by atoms with van der Waals surface area (Å²) in [4.78, 5) is 17.8. The van der Waals surface area contributed by atoms with Gasteiger partial charge >= 0.3 is 194 Å². The van der Waals surface area contributed by atoms with E-state index in [0.29, 0.717) is 22.5 Å². The van der Waals surface area contributed by atoms with Crippen LogP contribution in [0.5, 0.6) is 11.6 Å². The maximum atomic E-state index is 13.2. The van der Waals surface area contributed by atoms with Gasteiger partial charge in [0.05, 0.1) is 0 Å². The van der Waals surface area contributed by atoms with E-state index >= 15 is 0 Å². The number of hydrogen-bond donors (Lipinski definition) is 0. The van der Waals surface area contributed by atoms with Gasteiger partial charge in [-0.2, -0.15) is 0 Å². The molecule has 3 aromatic carbocycles. The monoisotopic (exact) mass is 483 g/mol. The molecule has 0 N–H and O–H groups in total. The van der Waals surface area contributed by atoms with E-state index in [2.05, 4.69) is 17.1 Å². The van der Waals surface area contributed by atoms with Crippen molar-refractivity contribution < 1.29 is 4.74 Å². The SMILES string of the molecule is Cc1ccc(Oc2cn(Cc3ccccc3)c(=O)c([AsH]c3ccc(C#N)cc3)n2)c(C)c1. The van der Waals surface area contributed by atoms with Crippen LogP contribution in [-0.4, -0.2) is 25.3 Å². The maximum absolute atomic E-state index is 13.2. The van der Waals surface area contributed by atoms with Crippen LogP contribution in [0.2, 0.25) is 0 Å². The molecule has 1 atom stereocenters. The molecule has 32 heavy (non-hydrogen) atoms. The van der Waals surface area contributed by atoms with E-state index < -0.39 is 15.8 Å². The number of hydrogen-bond acceptors (Lipinski definition) is 4. The molecule has 0 radical (unpaired) electrons. The molecule has 0 spiro atoms. The summed E-state index contributed by atoms with van der Waals surface area (Å²) in [6.07, 6.45) is 1.68. The fraction of sp³-hybridized carbons (Fsp3) is 0.115. The molecule has 0 fully saturated rings. The fourth-order valence-corrected chi connectivity index (χ4v) is 5.48. The van der Waals surface area contributed by atoms with Gasteiger partial charge in [-0.05, 0) is 0 Å². The third-order valence-corrected chi connectivity index (χ3v) is 7.45. The second-order valence-corrected chi connectivity index (χ2v) is 10.3. The fourth-order valence-electron chi connectivity index (χ4n) is 3.33. The summed E-state index contributed by atoms with van der Waals surface area (Å²) in [6.45, 7) is 4.47. The summed E-state index contributed by atoms with van der Waals surface area (Å²) in [6, 6.07) is 25.3. The standard InChI is InChI=1S/C26H22AsN3O2/c1-18-8-13-23(19(2)14-18)32-24-17-30(16-21-6-4-3-5-7-21)26(31)25(29-24)27-22-11-9-20(15-28)10-12-22/h3-14,17,27H,16H2,1-2H3. The van der Waals surface area contributed by atoms with E-state index in [9.17, 15) is 4.79 Å². The second-order valence-electron chi connectivity index (χ2n) is 7.53. The molecule has 158 valence electrons. The molecule has 1 aromatic heterocycles. The van der Waals surface area contributed by atoms with Crippen LogP contribution >= 0.6 is 0 Å². The Kier molecular flexibility index (Phi) is 6.54. The first kappa shape index (κ1) is 21.6. The van der Waals surface area contributed by atoms with Crippen molar-refractivity contribution in [1.82, 2.24) is 9.55 Å². The van der Waals surface area contributed by atoms with Crippen molar-refractivity contribution in [2.24, 2.45) is 0 Å². The molecule has 0 amide bonds. The van der Waals surface area contributed by atoms with Crippen LogP contribution in [0.25, 0.3) is 0 Å². The van der Waals surface area contributed by atoms with Gasteiger partial charge < -0.3 is 0 Å². The van der Waals surface area contributed by atoms with Crippen LogP contribution in [0.3, 0.4) is 0 Å². The van der Waals surface area contributed by atoms with Gasteiger partial charge in [0.1, 0.15) is 0 Å². The Labute approximate surface area is 193 Å². The Morgan fingerprint density at radius 3 is 2.47 bits per heavy atom. The zero-order valence-corrected chi connectivity index (χ0v) is 20.0. The van der Waals surface area contributed by atoms with Crippen molar-refractivity contribution in [2.75, 3.05) is 0 Å². The third kappa shape index (κ3) is 5.16. The number of nitriles is 1. The molecule has 0 bridgehead atoms. The number of rotatable bonds is 6. The van der Waals surface area contributed by atoms with Crippen molar-refractivity contribution in [3.63, 3.8) is 0 Å². The van der Waals surface area contributed by atoms with Gasteiger partial charge in [-0.1, -0.05) is 0 Å². The summed E-state index contributed by atoms with van der Waals surface area (Å²) >= 11 is -1.01. The molecule has 4 aromatic rings. The molecule has 5 nitrogen and oxygen atoms in total. The Balaban J connectivity index is 1.73. The number of nitrogens with zero attached hydrogens (tertiary/aromatic N) is 3. The van der Waals surface area contributed by atoms with Crippen molar-refractivity contribution >= 4 is 24.6 Å². The van der Waals surface area contributed by atoms with E-state index in [4.69, 9.17) is 10.00 Å². The molecule has 0 aliphatic carbocycles. The Bertz CT molecular complexity index is 1340. The molecule has 4 rings (SSSR count). The van der Waals surface area contributed by atoms with Crippen LogP contribution in [0.15, 0.2) is 83.8 Å². The quantitative estimate of drug-likeness (QED) is 0.396. The minimum atomic E-state index is -1.01. The normalized spacial score (nSPS) is 10.9. The van der Waals surface area contributed by atoms with E-state index in [-0.39, 0.29) is 5.56 Å². The van der Waals surface area contributed by atoms with Crippen molar-refractivity contribution in [3.05, 3.63) is 112 Å². The predicted molar refractivity (Wildman–Crippen MR) is 128 cm³/mol. The molecule has 0 saturated carbocycles. The van der Waals surface area contributed by atoms with Gasteiger partial charge in [0, 0.05) is 0 Å². The Morgan fingerprint density at radius 2 is 1.78 bits per heavy atom. The molecule has 0 saturated heterocycles. The molecular weight excluding hydrogens is 461 g/mol. The summed E-state index contributed by atoms with van der Waals surface area (Å²) in [5, 5.41) is 9.03. The summed E-state index contributed by atoms with van der Waals surface area (Å²) in [7, 11) is 0. The van der Waals surface area contributed by atoms with E-state index in [1.807, 2.05) is 68.4 Å². The van der Waals surface area contributed by atoms with E-state index in [1.165, 1.54) is 0 Å². The molecule has 0 aliphatic rings. The summed E-state index contributed by atoms with van der Waals surface area (Å²) in [5.41, 5.74) is 3.69. The van der Waals surface area contributed by atoms with Gasteiger partial charge in [-0.3, -0.25) is 0 Å². The number of benzene rings is 3. The second kappa shape index (κ2) is 9.68. The molecular formula is C26H22AsN3O2. The van der Waals surface area contributed by atoms with E-state index in [0.717, 1.165) is 26.8 Å². The van der Waals surface area contributed by atoms with Gasteiger partial charge in [0.15, 0.2) is 0 Å². The van der Waals surface area contributed by atoms with Crippen LogP contribution in [0.1, 0.15) is 22.3 Å². The predicted octanol–water partition coefficient (Wildman–Crippen LogP) is 2.96. The van der Waals surface area contributed by atoms with Crippen molar-refractivity contribution in [3.8, 4) is 17.7 Å². The van der Waals surface area contributed by atoms with Crippen molar-refractivity contribution in [2.45, 2.75) is 20.4 Å². The molecule has 1 heterocycles. The van der Waals surface area contributed by atoms with Gasteiger partial charge in [-0.25, -0.2) is 0 Å². The first-order valence-electron chi connectivity index (χ1n) is 10.2. The molecule has 6 heteroatoms. The zero-order valence-electron chi connectivity index (χ0n) is 17.9. The van der Waals surface area contributed by atoms with Crippen LogP contribution in [0.4, 0.5) is 0 Å². The van der Waals surface area contributed by atoms with Gasteiger partial charge in [-0.15, -0.1) is 0 Å². The summed E-state index contributed by atoms with van der Waals surface area (Å²) < 4.78 is 9.34. The van der Waals surface area contributed by atoms with Crippen molar-refractivity contribution in [1.29, 1.82) is 5.26 Å². The van der Waals surface area contributed by atoms with Crippen LogP contribution < -0.4 is 19.1 Å². The summed E-state index contributed by atoms with van der Waals surface area (Å²) in [5.74, 6) is 1.12. The third-order valence-electron chi connectivity index (χ3n) is 4.97. The van der Waals surface area contributed by atoms with Crippen LogP contribution in [-0.2, 0) is 6.54 Å². The Morgan fingerprint density at radius 1 is 1.03 bits per heavy atom.